The summed E-state index contributed by atoms with van der Waals surface area (Å²) in [6.07, 6.45) is 0. The minimum atomic E-state index is -3.71. The predicted octanol–water partition coefficient (Wildman–Crippen LogP) is 3.02. The van der Waals surface area contributed by atoms with Crippen molar-refractivity contribution in [3.63, 3.8) is 0 Å². The van der Waals surface area contributed by atoms with Crippen LogP contribution in [0.3, 0.4) is 0 Å². The molecule has 10 heteroatoms. The lowest BCUT2D eigenvalue weighted by Gasteiger charge is -2.36. The van der Waals surface area contributed by atoms with Crippen molar-refractivity contribution in [2.75, 3.05) is 62.6 Å². The molecule has 0 aliphatic carbocycles. The van der Waals surface area contributed by atoms with Crippen LogP contribution in [-0.4, -0.2) is 76.0 Å². The minimum absolute atomic E-state index is 0.0218. The Morgan fingerprint density at radius 3 is 2.35 bits per heavy atom. The van der Waals surface area contributed by atoms with Gasteiger partial charge in [-0.3, -0.25) is 4.79 Å². The van der Waals surface area contributed by atoms with E-state index in [1.54, 1.807) is 32.0 Å². The number of ether oxygens (including phenoxy) is 1. The summed E-state index contributed by atoms with van der Waals surface area (Å²) in [4.78, 5) is 17.3. The number of carbonyl (C=O) groups is 1. The van der Waals surface area contributed by atoms with Crippen molar-refractivity contribution in [3.05, 3.63) is 48.3 Å². The molecule has 8 nitrogen and oxygen atoms in total. The van der Waals surface area contributed by atoms with E-state index < -0.39 is 28.4 Å². The third kappa shape index (κ3) is 6.05. The van der Waals surface area contributed by atoms with E-state index in [0.29, 0.717) is 18.8 Å². The van der Waals surface area contributed by atoms with Crippen molar-refractivity contribution in [2.24, 2.45) is 0 Å². The van der Waals surface area contributed by atoms with Crippen LogP contribution in [0, 0.1) is 5.82 Å². The fourth-order valence-corrected chi connectivity index (χ4v) is 5.45. The molecule has 2 aromatic rings. The molecule has 3 rings (SSSR count). The molecule has 1 aliphatic rings. The van der Waals surface area contributed by atoms with Crippen molar-refractivity contribution >= 4 is 27.3 Å². The van der Waals surface area contributed by atoms with Gasteiger partial charge in [0.05, 0.1) is 16.3 Å². The molecule has 0 spiro atoms. The minimum Gasteiger partial charge on any atom is -0.481 e. The van der Waals surface area contributed by atoms with Crippen LogP contribution in [0.5, 0.6) is 5.75 Å². The monoisotopic (exact) mass is 492 g/mol. The maximum absolute atomic E-state index is 13.8. The Hall–Kier alpha value is -2.69. The molecule has 1 amide bonds. The van der Waals surface area contributed by atoms with Crippen LogP contribution >= 0.6 is 0 Å². The number of nitrogens with zero attached hydrogens (tertiary/aromatic N) is 3. The average molecular weight is 493 g/mol. The van der Waals surface area contributed by atoms with E-state index in [0.717, 1.165) is 38.4 Å². The summed E-state index contributed by atoms with van der Waals surface area (Å²) in [6.45, 7) is 10.2. The second-order valence-electron chi connectivity index (χ2n) is 7.96. The van der Waals surface area contributed by atoms with Crippen LogP contribution in [0.2, 0.25) is 0 Å². The van der Waals surface area contributed by atoms with Crippen LogP contribution < -0.4 is 15.0 Å². The normalized spacial score (nSPS) is 14.9. The van der Waals surface area contributed by atoms with Gasteiger partial charge in [-0.25, -0.2) is 12.8 Å². The van der Waals surface area contributed by atoms with Crippen molar-refractivity contribution in [3.8, 4) is 5.75 Å². The maximum atomic E-state index is 13.8. The molecule has 2 aromatic carbocycles. The number of piperazine rings is 1. The van der Waals surface area contributed by atoms with E-state index in [4.69, 9.17) is 4.74 Å². The molecule has 1 aliphatic heterocycles. The van der Waals surface area contributed by atoms with Gasteiger partial charge in [0.1, 0.15) is 0 Å². The maximum Gasteiger partial charge on any atom is 0.262 e. The Bertz CT molecular complexity index is 1080. The third-order valence-corrected chi connectivity index (χ3v) is 7.99. The van der Waals surface area contributed by atoms with Crippen molar-refractivity contribution in [2.45, 2.75) is 25.7 Å². The number of halogens is 1. The van der Waals surface area contributed by atoms with Gasteiger partial charge in [0.15, 0.2) is 18.2 Å². The van der Waals surface area contributed by atoms with Crippen LogP contribution in [0.4, 0.5) is 15.8 Å². The molecule has 1 fully saturated rings. The van der Waals surface area contributed by atoms with Crippen LogP contribution in [-0.2, 0) is 14.8 Å². The summed E-state index contributed by atoms with van der Waals surface area (Å²) in [6, 6.07) is 10.7. The highest BCUT2D eigenvalue weighted by Crippen LogP contribution is 2.31. The molecule has 34 heavy (non-hydrogen) atoms. The molecule has 0 unspecified atom stereocenters. The molecular weight excluding hydrogens is 459 g/mol. The Morgan fingerprint density at radius 2 is 1.74 bits per heavy atom. The van der Waals surface area contributed by atoms with Crippen LogP contribution in [0.25, 0.3) is 0 Å². The topological polar surface area (TPSA) is 82.2 Å². The molecule has 0 radical (unpaired) electrons. The van der Waals surface area contributed by atoms with Gasteiger partial charge in [0.2, 0.25) is 10.0 Å². The van der Waals surface area contributed by atoms with Gasteiger partial charge in [-0.1, -0.05) is 32.9 Å². The Balaban J connectivity index is 1.86. The van der Waals surface area contributed by atoms with E-state index in [-0.39, 0.29) is 10.6 Å². The highest BCUT2D eigenvalue weighted by atomic mass is 32.2. The number of amides is 1. The number of anilines is 2. The Labute approximate surface area is 201 Å². The average Bonchev–Trinajstić information content (AvgIpc) is 2.84. The summed E-state index contributed by atoms with van der Waals surface area (Å²) in [7, 11) is -3.71. The van der Waals surface area contributed by atoms with Gasteiger partial charge in [-0.15, -0.1) is 0 Å². The van der Waals surface area contributed by atoms with Gasteiger partial charge >= 0.3 is 0 Å². The van der Waals surface area contributed by atoms with Crippen molar-refractivity contribution < 1.29 is 22.3 Å². The number of hydrogen-bond donors (Lipinski definition) is 1. The number of likely N-dealkylation sites (N-methyl/N-ethyl adjacent to an activating group) is 1. The second-order valence-corrected chi connectivity index (χ2v) is 9.89. The predicted molar refractivity (Wildman–Crippen MR) is 131 cm³/mol. The zero-order valence-electron chi connectivity index (χ0n) is 20.0. The van der Waals surface area contributed by atoms with E-state index in [9.17, 15) is 17.6 Å². The standard InChI is InChI=1S/C24H33FN4O4S/c1-4-27-13-15-28(16-14-27)22-12-11-19(34(31,32)29(5-2)6-3)17-21(22)26-24(30)18-33-23-10-8-7-9-20(23)25/h7-12,17H,4-6,13-16,18H2,1-3H3,(H,26,30). The molecule has 1 heterocycles. The lowest BCUT2D eigenvalue weighted by Crippen LogP contribution is -2.46. The number of para-hydroxylation sites is 1. The molecule has 1 saturated heterocycles. The lowest BCUT2D eigenvalue weighted by molar-refractivity contribution is -0.118. The third-order valence-electron chi connectivity index (χ3n) is 5.94. The SMILES string of the molecule is CCN1CCN(c2ccc(S(=O)(=O)N(CC)CC)cc2NC(=O)COc2ccccc2F)CC1. The molecule has 0 aromatic heterocycles. The first-order chi connectivity index (χ1) is 16.3. The number of hydrogen-bond acceptors (Lipinski definition) is 6. The second kappa shape index (κ2) is 11.6. The zero-order chi connectivity index (χ0) is 24.7. The molecule has 0 atom stereocenters. The van der Waals surface area contributed by atoms with Gasteiger partial charge in [0, 0.05) is 39.3 Å². The molecular formula is C24H33FN4O4S. The van der Waals surface area contributed by atoms with Gasteiger partial charge in [-0.05, 0) is 36.9 Å². The van der Waals surface area contributed by atoms with E-state index in [1.165, 1.54) is 28.6 Å². The largest absolute Gasteiger partial charge is 0.481 e. The first-order valence-electron chi connectivity index (χ1n) is 11.6. The summed E-state index contributed by atoms with van der Waals surface area (Å²) in [5.41, 5.74) is 1.13. The molecule has 0 bridgehead atoms. The molecule has 0 saturated carbocycles. The highest BCUT2D eigenvalue weighted by Gasteiger charge is 2.25. The first-order valence-corrected chi connectivity index (χ1v) is 13.0. The van der Waals surface area contributed by atoms with E-state index in [1.807, 2.05) is 0 Å². The number of benzene rings is 2. The van der Waals surface area contributed by atoms with E-state index >= 15 is 0 Å². The number of rotatable bonds is 10. The fraction of sp³-hybridized carbons (Fsp3) is 0.458. The summed E-state index contributed by atoms with van der Waals surface area (Å²) in [5, 5.41) is 2.79. The number of carbonyl (C=O) groups excluding carboxylic acids is 1. The number of nitrogens with one attached hydrogen (secondary N) is 1. The van der Waals surface area contributed by atoms with Crippen LogP contribution in [0.1, 0.15) is 20.8 Å². The van der Waals surface area contributed by atoms with Gasteiger partial charge in [-0.2, -0.15) is 4.31 Å². The summed E-state index contributed by atoms with van der Waals surface area (Å²) >= 11 is 0. The smallest absolute Gasteiger partial charge is 0.262 e. The van der Waals surface area contributed by atoms with E-state index in [2.05, 4.69) is 22.0 Å². The molecule has 1 N–H and O–H groups in total. The van der Waals surface area contributed by atoms with Crippen molar-refractivity contribution in [1.29, 1.82) is 0 Å². The van der Waals surface area contributed by atoms with Gasteiger partial charge < -0.3 is 19.9 Å². The Kier molecular flexibility index (Phi) is 8.87. The Morgan fingerprint density at radius 1 is 1.06 bits per heavy atom. The lowest BCUT2D eigenvalue weighted by atomic mass is 10.2. The number of sulfonamides is 1. The van der Waals surface area contributed by atoms with Crippen molar-refractivity contribution in [1.82, 2.24) is 9.21 Å². The van der Waals surface area contributed by atoms with Crippen LogP contribution in [0.15, 0.2) is 47.4 Å². The molecule has 186 valence electrons. The quantitative estimate of drug-likeness (QED) is 0.549. The summed E-state index contributed by atoms with van der Waals surface area (Å²) < 4.78 is 46.7. The first kappa shape index (κ1) is 25.9. The zero-order valence-corrected chi connectivity index (χ0v) is 20.8. The highest BCUT2D eigenvalue weighted by molar-refractivity contribution is 7.89. The van der Waals surface area contributed by atoms with Gasteiger partial charge in [0.25, 0.3) is 5.91 Å². The fourth-order valence-electron chi connectivity index (χ4n) is 3.96. The summed E-state index contributed by atoms with van der Waals surface area (Å²) in [5.74, 6) is -1.09.